The van der Waals surface area contributed by atoms with Crippen LogP contribution in [0.5, 0.6) is 0 Å². The molecule has 0 aliphatic heterocycles. The standard InChI is InChI=1S/C10H7N4/c1-2-4-8(5-3-1)14-6-9-10(13-14)12-7-11-9/h1-6H,(H,11,12,13). The summed E-state index contributed by atoms with van der Waals surface area (Å²) in [7, 11) is 0. The molecule has 0 unspecified atom stereocenters. The molecular formula is C10H7N4. The molecule has 4 nitrogen and oxygen atoms in total. The first kappa shape index (κ1) is 7.32. The van der Waals surface area contributed by atoms with E-state index in [2.05, 4.69) is 21.4 Å². The van der Waals surface area contributed by atoms with Gasteiger partial charge in [-0.05, 0) is 12.1 Å². The maximum absolute atomic E-state index is 4.29. The topological polar surface area (TPSA) is 46.5 Å². The third-order valence-electron chi connectivity index (χ3n) is 2.07. The second-order valence-corrected chi connectivity index (χ2v) is 3.00. The Hall–Kier alpha value is -2.10. The van der Waals surface area contributed by atoms with Gasteiger partial charge in [0.1, 0.15) is 5.52 Å². The first-order chi connectivity index (χ1) is 6.93. The number of H-pyrrole nitrogens is 1. The molecule has 14 heavy (non-hydrogen) atoms. The minimum Gasteiger partial charge on any atom is -0.333 e. The Labute approximate surface area is 80.2 Å². The number of fused-ring (bicyclic) bond motifs is 1. The highest BCUT2D eigenvalue weighted by atomic mass is 15.3. The number of aromatic nitrogens is 4. The van der Waals surface area contributed by atoms with Crippen molar-refractivity contribution in [3.8, 4) is 5.69 Å². The number of imidazole rings is 1. The van der Waals surface area contributed by atoms with Crippen LogP contribution < -0.4 is 0 Å². The molecule has 1 N–H and O–H groups in total. The average molecular weight is 183 g/mol. The average Bonchev–Trinajstić information content (AvgIpc) is 2.78. The first-order valence-corrected chi connectivity index (χ1v) is 4.30. The van der Waals surface area contributed by atoms with Crippen molar-refractivity contribution >= 4 is 11.2 Å². The Bertz CT molecular complexity index is 521. The second-order valence-electron chi connectivity index (χ2n) is 3.00. The molecule has 0 bridgehead atoms. The van der Waals surface area contributed by atoms with Gasteiger partial charge in [-0.2, -0.15) is 0 Å². The van der Waals surface area contributed by atoms with Crippen LogP contribution in [0.3, 0.4) is 0 Å². The lowest BCUT2D eigenvalue weighted by molar-refractivity contribution is 0.886. The van der Waals surface area contributed by atoms with Crippen LogP contribution in [-0.4, -0.2) is 19.7 Å². The number of nitrogens with zero attached hydrogens (tertiary/aromatic N) is 3. The lowest BCUT2D eigenvalue weighted by Crippen LogP contribution is -1.93. The molecular weight excluding hydrogens is 176 g/mol. The molecule has 0 aliphatic rings. The normalized spacial score (nSPS) is 10.9. The van der Waals surface area contributed by atoms with Gasteiger partial charge in [0.15, 0.2) is 12.0 Å². The molecule has 0 saturated carbocycles. The largest absolute Gasteiger partial charge is 0.333 e. The van der Waals surface area contributed by atoms with Gasteiger partial charge in [-0.25, -0.2) is 9.67 Å². The molecule has 2 heterocycles. The molecule has 4 heteroatoms. The molecule has 0 atom stereocenters. The maximum Gasteiger partial charge on any atom is 0.200 e. The van der Waals surface area contributed by atoms with Crippen molar-refractivity contribution in [3.63, 3.8) is 0 Å². The molecule has 1 aromatic carbocycles. The molecule has 0 fully saturated rings. The van der Waals surface area contributed by atoms with Crippen molar-refractivity contribution < 1.29 is 0 Å². The molecule has 0 saturated heterocycles. The van der Waals surface area contributed by atoms with Crippen LogP contribution in [0.1, 0.15) is 0 Å². The predicted octanol–water partition coefficient (Wildman–Crippen LogP) is 1.55. The Morgan fingerprint density at radius 2 is 2.07 bits per heavy atom. The first-order valence-electron chi connectivity index (χ1n) is 4.30. The van der Waals surface area contributed by atoms with Crippen molar-refractivity contribution in [2.75, 3.05) is 0 Å². The zero-order valence-electron chi connectivity index (χ0n) is 7.31. The van der Waals surface area contributed by atoms with Crippen molar-refractivity contribution in [1.82, 2.24) is 19.7 Å². The van der Waals surface area contributed by atoms with Gasteiger partial charge in [-0.1, -0.05) is 18.2 Å². The maximum atomic E-state index is 4.29. The van der Waals surface area contributed by atoms with E-state index in [4.69, 9.17) is 0 Å². The summed E-state index contributed by atoms with van der Waals surface area (Å²) >= 11 is 0. The number of hydrogen-bond acceptors (Lipinski definition) is 2. The smallest absolute Gasteiger partial charge is 0.200 e. The summed E-state index contributed by atoms with van der Waals surface area (Å²) < 4.78 is 1.79. The number of nitrogens with one attached hydrogen (secondary N) is 1. The molecule has 3 rings (SSSR count). The monoisotopic (exact) mass is 183 g/mol. The van der Waals surface area contributed by atoms with Gasteiger partial charge in [0.05, 0.1) is 11.9 Å². The van der Waals surface area contributed by atoms with E-state index >= 15 is 0 Å². The summed E-state index contributed by atoms with van der Waals surface area (Å²) in [5.74, 6) is 0. The zero-order valence-corrected chi connectivity index (χ0v) is 7.31. The Morgan fingerprint density at radius 1 is 1.21 bits per heavy atom. The third-order valence-corrected chi connectivity index (χ3v) is 2.07. The predicted molar refractivity (Wildman–Crippen MR) is 52.1 cm³/mol. The van der Waals surface area contributed by atoms with Crippen LogP contribution in [0.15, 0.2) is 36.5 Å². The quantitative estimate of drug-likeness (QED) is 0.622. The summed E-state index contributed by atoms with van der Waals surface area (Å²) in [6.07, 6.45) is 4.54. The molecule has 0 spiro atoms. The van der Waals surface area contributed by atoms with E-state index in [9.17, 15) is 0 Å². The highest BCUT2D eigenvalue weighted by molar-refractivity contribution is 5.69. The number of para-hydroxylation sites is 1. The van der Waals surface area contributed by atoms with Crippen LogP contribution >= 0.6 is 0 Å². The second kappa shape index (κ2) is 2.70. The minimum absolute atomic E-state index is 0.689. The van der Waals surface area contributed by atoms with Crippen molar-refractivity contribution in [2.24, 2.45) is 0 Å². The minimum atomic E-state index is 0.689. The fourth-order valence-electron chi connectivity index (χ4n) is 1.39. The van der Waals surface area contributed by atoms with Crippen molar-refractivity contribution in [3.05, 3.63) is 42.9 Å². The SMILES string of the molecule is [c]1nc2nn(-c3ccccc3)cc2[nH]1. The summed E-state index contributed by atoms with van der Waals surface area (Å²) in [4.78, 5) is 6.84. The van der Waals surface area contributed by atoms with Gasteiger partial charge in [-0.15, -0.1) is 5.10 Å². The molecule has 1 radical (unpaired) electrons. The van der Waals surface area contributed by atoms with Crippen LogP contribution in [0, 0.1) is 6.33 Å². The van der Waals surface area contributed by atoms with Gasteiger partial charge in [-0.3, -0.25) is 0 Å². The van der Waals surface area contributed by atoms with E-state index in [1.807, 2.05) is 36.5 Å². The van der Waals surface area contributed by atoms with E-state index in [1.54, 1.807) is 4.68 Å². The Kier molecular flexibility index (Phi) is 1.41. The summed E-state index contributed by atoms with van der Waals surface area (Å²) in [5.41, 5.74) is 2.61. The Morgan fingerprint density at radius 3 is 2.86 bits per heavy atom. The van der Waals surface area contributed by atoms with Gasteiger partial charge in [0.25, 0.3) is 0 Å². The lowest BCUT2D eigenvalue weighted by atomic mass is 10.3. The van der Waals surface area contributed by atoms with Crippen LogP contribution in [0.25, 0.3) is 16.9 Å². The summed E-state index contributed by atoms with van der Waals surface area (Å²) in [6, 6.07) is 9.92. The van der Waals surface area contributed by atoms with Crippen molar-refractivity contribution in [2.45, 2.75) is 0 Å². The van der Waals surface area contributed by atoms with Crippen LogP contribution in [-0.2, 0) is 0 Å². The van der Waals surface area contributed by atoms with Crippen molar-refractivity contribution in [1.29, 1.82) is 0 Å². The lowest BCUT2D eigenvalue weighted by Gasteiger charge is -1.97. The molecule has 2 aromatic heterocycles. The van der Waals surface area contributed by atoms with E-state index in [-0.39, 0.29) is 0 Å². The number of benzene rings is 1. The number of rotatable bonds is 1. The Balaban J connectivity index is 2.19. The van der Waals surface area contributed by atoms with Gasteiger partial charge in [0.2, 0.25) is 0 Å². The fourth-order valence-corrected chi connectivity index (χ4v) is 1.39. The summed E-state index contributed by atoms with van der Waals surface area (Å²) in [6.45, 7) is 0. The number of hydrogen-bond donors (Lipinski definition) is 1. The highest BCUT2D eigenvalue weighted by Gasteiger charge is 2.03. The van der Waals surface area contributed by atoms with Crippen LogP contribution in [0.2, 0.25) is 0 Å². The molecule has 0 amide bonds. The molecule has 3 aromatic rings. The fraction of sp³-hybridized carbons (Fsp3) is 0. The molecule has 0 aliphatic carbocycles. The van der Waals surface area contributed by atoms with E-state index in [0.29, 0.717) is 5.65 Å². The third kappa shape index (κ3) is 1.01. The molecule has 67 valence electrons. The van der Waals surface area contributed by atoms with Crippen LogP contribution in [0.4, 0.5) is 0 Å². The van der Waals surface area contributed by atoms with Gasteiger partial charge in [0, 0.05) is 0 Å². The van der Waals surface area contributed by atoms with E-state index in [1.165, 1.54) is 0 Å². The van der Waals surface area contributed by atoms with E-state index < -0.39 is 0 Å². The highest BCUT2D eigenvalue weighted by Crippen LogP contribution is 2.10. The van der Waals surface area contributed by atoms with Gasteiger partial charge < -0.3 is 4.98 Å². The number of aromatic amines is 1. The van der Waals surface area contributed by atoms with Gasteiger partial charge >= 0.3 is 0 Å². The van der Waals surface area contributed by atoms with E-state index in [0.717, 1.165) is 11.2 Å². The summed E-state index contributed by atoms with van der Waals surface area (Å²) in [5, 5.41) is 4.29. The zero-order chi connectivity index (χ0) is 9.38.